The molecule has 2 aliphatic heterocycles. The fourth-order valence-electron chi connectivity index (χ4n) is 3.84. The predicted octanol–water partition coefficient (Wildman–Crippen LogP) is 2.86. The van der Waals surface area contributed by atoms with Gasteiger partial charge in [0, 0.05) is 57.1 Å². The summed E-state index contributed by atoms with van der Waals surface area (Å²) in [6.07, 6.45) is 1.55. The number of benzene rings is 1. The van der Waals surface area contributed by atoms with Crippen LogP contribution in [0.25, 0.3) is 10.2 Å². The first-order valence-electron chi connectivity index (χ1n) is 9.36. The van der Waals surface area contributed by atoms with Gasteiger partial charge in [0.1, 0.15) is 0 Å². The molecule has 4 rings (SSSR count). The number of thiazole rings is 1. The monoisotopic (exact) mass is 406 g/mol. The molecule has 0 spiro atoms. The van der Waals surface area contributed by atoms with Crippen molar-refractivity contribution < 1.29 is 9.59 Å². The van der Waals surface area contributed by atoms with E-state index < -0.39 is 0 Å². The Balaban J connectivity index is 1.34. The second kappa shape index (κ2) is 7.64. The molecule has 1 aromatic heterocycles. The lowest BCUT2D eigenvalue weighted by Gasteiger charge is -2.38. The molecular weight excluding hydrogens is 384 g/mol. The lowest BCUT2D eigenvalue weighted by atomic mass is 9.95. The van der Waals surface area contributed by atoms with Gasteiger partial charge in [-0.3, -0.25) is 9.59 Å². The molecule has 0 N–H and O–H groups in total. The van der Waals surface area contributed by atoms with Gasteiger partial charge in [0.15, 0.2) is 5.13 Å². The molecule has 8 heteroatoms. The van der Waals surface area contributed by atoms with E-state index in [1.165, 1.54) is 0 Å². The van der Waals surface area contributed by atoms with E-state index in [9.17, 15) is 9.59 Å². The molecule has 27 heavy (non-hydrogen) atoms. The summed E-state index contributed by atoms with van der Waals surface area (Å²) in [7, 11) is 0. The Hall–Kier alpha value is -1.86. The van der Waals surface area contributed by atoms with Gasteiger partial charge in [-0.1, -0.05) is 22.9 Å². The molecule has 2 fully saturated rings. The Morgan fingerprint density at radius 1 is 1.07 bits per heavy atom. The van der Waals surface area contributed by atoms with E-state index in [4.69, 9.17) is 16.6 Å². The third kappa shape index (κ3) is 3.89. The van der Waals surface area contributed by atoms with Crippen molar-refractivity contribution in [2.45, 2.75) is 19.8 Å². The Bertz CT molecular complexity index is 855. The van der Waals surface area contributed by atoms with E-state index in [0.29, 0.717) is 13.1 Å². The highest BCUT2D eigenvalue weighted by atomic mass is 35.5. The van der Waals surface area contributed by atoms with Crippen LogP contribution in [0.3, 0.4) is 0 Å². The molecule has 0 saturated carbocycles. The van der Waals surface area contributed by atoms with Crippen molar-refractivity contribution >= 4 is 50.1 Å². The van der Waals surface area contributed by atoms with Crippen molar-refractivity contribution in [3.63, 3.8) is 0 Å². The summed E-state index contributed by atoms with van der Waals surface area (Å²) in [4.78, 5) is 35.0. The van der Waals surface area contributed by atoms with Gasteiger partial charge in [-0.05, 0) is 31.0 Å². The molecule has 0 unspecified atom stereocenters. The molecule has 0 atom stereocenters. The highest BCUT2D eigenvalue weighted by molar-refractivity contribution is 7.22. The number of nitrogens with zero attached hydrogens (tertiary/aromatic N) is 4. The van der Waals surface area contributed by atoms with Crippen LogP contribution in [0.2, 0.25) is 5.02 Å². The van der Waals surface area contributed by atoms with Crippen molar-refractivity contribution in [1.29, 1.82) is 0 Å². The van der Waals surface area contributed by atoms with Crippen LogP contribution < -0.4 is 4.90 Å². The number of aromatic nitrogens is 1. The Labute approximate surface area is 167 Å². The van der Waals surface area contributed by atoms with Crippen molar-refractivity contribution in [2.24, 2.45) is 5.92 Å². The van der Waals surface area contributed by atoms with Crippen LogP contribution in [0.1, 0.15) is 19.8 Å². The summed E-state index contributed by atoms with van der Waals surface area (Å²) in [5, 5.41) is 1.72. The third-order valence-corrected chi connectivity index (χ3v) is 6.80. The molecule has 1 aromatic carbocycles. The van der Waals surface area contributed by atoms with Gasteiger partial charge in [-0.25, -0.2) is 4.98 Å². The van der Waals surface area contributed by atoms with Crippen LogP contribution in [-0.4, -0.2) is 65.9 Å². The van der Waals surface area contributed by atoms with Gasteiger partial charge in [0.05, 0.1) is 10.2 Å². The van der Waals surface area contributed by atoms with E-state index >= 15 is 0 Å². The molecular formula is C19H23ClN4O2S. The van der Waals surface area contributed by atoms with E-state index in [-0.39, 0.29) is 17.7 Å². The highest BCUT2D eigenvalue weighted by Gasteiger charge is 2.31. The van der Waals surface area contributed by atoms with E-state index in [1.54, 1.807) is 18.3 Å². The number of anilines is 1. The minimum absolute atomic E-state index is 0.0525. The zero-order valence-electron chi connectivity index (χ0n) is 15.4. The van der Waals surface area contributed by atoms with Crippen molar-refractivity contribution in [3.05, 3.63) is 23.2 Å². The van der Waals surface area contributed by atoms with Gasteiger partial charge >= 0.3 is 0 Å². The van der Waals surface area contributed by atoms with Crippen LogP contribution >= 0.6 is 22.9 Å². The first-order valence-corrected chi connectivity index (χ1v) is 10.6. The summed E-state index contributed by atoms with van der Waals surface area (Å²) >= 11 is 7.72. The number of piperidine rings is 1. The van der Waals surface area contributed by atoms with Crippen molar-refractivity contribution in [2.75, 3.05) is 44.2 Å². The fraction of sp³-hybridized carbons (Fsp3) is 0.526. The first-order chi connectivity index (χ1) is 13.0. The topological polar surface area (TPSA) is 56.8 Å². The molecule has 2 aromatic rings. The number of hydrogen-bond acceptors (Lipinski definition) is 5. The Morgan fingerprint density at radius 2 is 1.78 bits per heavy atom. The van der Waals surface area contributed by atoms with Crippen LogP contribution in [-0.2, 0) is 9.59 Å². The second-order valence-electron chi connectivity index (χ2n) is 7.20. The largest absolute Gasteiger partial charge is 0.345 e. The normalized spacial score (nSPS) is 19.0. The van der Waals surface area contributed by atoms with Gasteiger partial charge < -0.3 is 14.7 Å². The van der Waals surface area contributed by atoms with Gasteiger partial charge in [0.2, 0.25) is 11.8 Å². The summed E-state index contributed by atoms with van der Waals surface area (Å²) in [6, 6.07) is 5.76. The van der Waals surface area contributed by atoms with Gasteiger partial charge in [0.25, 0.3) is 0 Å². The first kappa shape index (κ1) is 18.5. The fourth-order valence-corrected chi connectivity index (χ4v) is 5.13. The minimum Gasteiger partial charge on any atom is -0.345 e. The minimum atomic E-state index is 0.0525. The SMILES string of the molecule is CC(=O)N1CCC(C(=O)N2CCN(c3nc4ccc(Cl)cc4s3)CC2)CC1. The Kier molecular flexibility index (Phi) is 5.23. The lowest BCUT2D eigenvalue weighted by Crippen LogP contribution is -2.52. The number of fused-ring (bicyclic) bond motifs is 1. The number of carbonyl (C=O) groups excluding carboxylic acids is 2. The van der Waals surface area contributed by atoms with Crippen LogP contribution in [0.15, 0.2) is 18.2 Å². The van der Waals surface area contributed by atoms with E-state index in [0.717, 1.165) is 59.4 Å². The average Bonchev–Trinajstić information content (AvgIpc) is 3.11. The Morgan fingerprint density at radius 3 is 2.44 bits per heavy atom. The number of halogens is 1. The van der Waals surface area contributed by atoms with Crippen LogP contribution in [0.4, 0.5) is 5.13 Å². The number of rotatable bonds is 2. The standard InChI is InChI=1S/C19H23ClN4O2S/c1-13(25)22-6-4-14(5-7-22)18(26)23-8-10-24(11-9-23)19-21-16-3-2-15(20)12-17(16)27-19/h2-3,12,14H,4-11H2,1H3. The molecule has 6 nitrogen and oxygen atoms in total. The zero-order valence-corrected chi connectivity index (χ0v) is 16.9. The van der Waals surface area contributed by atoms with Crippen LogP contribution in [0, 0.1) is 5.92 Å². The number of carbonyl (C=O) groups is 2. The molecule has 0 radical (unpaired) electrons. The summed E-state index contributed by atoms with van der Waals surface area (Å²) in [5.41, 5.74) is 0.968. The maximum atomic E-state index is 12.8. The third-order valence-electron chi connectivity index (χ3n) is 5.49. The predicted molar refractivity (Wildman–Crippen MR) is 108 cm³/mol. The quantitative estimate of drug-likeness (QED) is 0.769. The molecule has 0 aliphatic carbocycles. The molecule has 2 amide bonds. The molecule has 3 heterocycles. The summed E-state index contributed by atoms with van der Waals surface area (Å²) < 4.78 is 1.09. The zero-order chi connectivity index (χ0) is 19.0. The average molecular weight is 407 g/mol. The molecule has 2 aliphatic rings. The highest BCUT2D eigenvalue weighted by Crippen LogP contribution is 2.31. The molecule has 0 bridgehead atoms. The van der Waals surface area contributed by atoms with Gasteiger partial charge in [-0.2, -0.15) is 0 Å². The molecule has 144 valence electrons. The van der Waals surface area contributed by atoms with Gasteiger partial charge in [-0.15, -0.1) is 0 Å². The van der Waals surface area contributed by atoms with Crippen LogP contribution in [0.5, 0.6) is 0 Å². The number of likely N-dealkylation sites (tertiary alicyclic amines) is 1. The van der Waals surface area contributed by atoms with E-state index in [2.05, 4.69) is 4.90 Å². The smallest absolute Gasteiger partial charge is 0.225 e. The van der Waals surface area contributed by atoms with E-state index in [1.807, 2.05) is 28.0 Å². The lowest BCUT2D eigenvalue weighted by molar-refractivity contribution is -0.140. The number of piperazine rings is 1. The summed E-state index contributed by atoms with van der Waals surface area (Å²) in [6.45, 7) is 6.03. The number of hydrogen-bond donors (Lipinski definition) is 0. The number of amides is 2. The molecule has 2 saturated heterocycles. The van der Waals surface area contributed by atoms with Crippen molar-refractivity contribution in [1.82, 2.24) is 14.8 Å². The summed E-state index contributed by atoms with van der Waals surface area (Å²) in [5.74, 6) is 0.400. The maximum absolute atomic E-state index is 12.8. The maximum Gasteiger partial charge on any atom is 0.225 e. The van der Waals surface area contributed by atoms with Crippen molar-refractivity contribution in [3.8, 4) is 0 Å². The second-order valence-corrected chi connectivity index (χ2v) is 8.65.